The summed E-state index contributed by atoms with van der Waals surface area (Å²) in [5, 5.41) is 0. The van der Waals surface area contributed by atoms with Gasteiger partial charge >= 0.3 is 0 Å². The summed E-state index contributed by atoms with van der Waals surface area (Å²) < 4.78 is 0. The number of hydrogen-bond donors (Lipinski definition) is 0. The van der Waals surface area contributed by atoms with Gasteiger partial charge < -0.3 is 0 Å². The number of hydrogen-bond acceptors (Lipinski definition) is 2. The van der Waals surface area contributed by atoms with E-state index < -0.39 is 0 Å². The molecule has 0 unspecified atom stereocenters. The summed E-state index contributed by atoms with van der Waals surface area (Å²) in [6, 6.07) is 0. The Morgan fingerprint density at radius 2 is 1.69 bits per heavy atom. The zero-order chi connectivity index (χ0) is 10.0. The monoisotopic (exact) mass is 178 g/mol. The minimum Gasteiger partial charge on any atom is -0.257 e. The van der Waals surface area contributed by atoms with E-state index in [1.165, 1.54) is 0 Å². The number of rotatable bonds is 2. The topological polar surface area (TPSA) is 25.8 Å². The Kier molecular flexibility index (Phi) is 3.02. The van der Waals surface area contributed by atoms with Crippen LogP contribution in [-0.2, 0) is 0 Å². The van der Waals surface area contributed by atoms with Crippen LogP contribution in [0.3, 0.4) is 0 Å². The summed E-state index contributed by atoms with van der Waals surface area (Å²) in [4.78, 5) is 8.97. The van der Waals surface area contributed by atoms with Crippen LogP contribution in [0.25, 0.3) is 0 Å². The minimum absolute atomic E-state index is 0.465. The van der Waals surface area contributed by atoms with Gasteiger partial charge in [0.05, 0.1) is 17.1 Å². The Balaban J connectivity index is 3.06. The molecule has 72 valence electrons. The van der Waals surface area contributed by atoms with E-state index in [0.717, 1.165) is 17.1 Å². The molecule has 0 fully saturated rings. The third kappa shape index (κ3) is 2.27. The van der Waals surface area contributed by atoms with Crippen molar-refractivity contribution in [1.29, 1.82) is 0 Å². The largest absolute Gasteiger partial charge is 0.257 e. The Morgan fingerprint density at radius 1 is 1.08 bits per heavy atom. The average Bonchev–Trinajstić information content (AvgIpc) is 2.03. The van der Waals surface area contributed by atoms with Crippen LogP contribution in [0, 0.1) is 6.92 Å². The van der Waals surface area contributed by atoms with E-state index in [9.17, 15) is 0 Å². The fourth-order valence-corrected chi connectivity index (χ4v) is 1.35. The molecule has 0 bridgehead atoms. The van der Waals surface area contributed by atoms with Crippen molar-refractivity contribution in [3.05, 3.63) is 23.3 Å². The van der Waals surface area contributed by atoms with Crippen LogP contribution >= 0.6 is 0 Å². The Morgan fingerprint density at radius 3 is 2.08 bits per heavy atom. The highest BCUT2D eigenvalue weighted by molar-refractivity contribution is 5.16. The lowest BCUT2D eigenvalue weighted by Gasteiger charge is -2.10. The van der Waals surface area contributed by atoms with Crippen LogP contribution in [0.4, 0.5) is 0 Å². The maximum atomic E-state index is 4.53. The molecule has 0 N–H and O–H groups in total. The normalized spacial score (nSPS) is 11.3. The quantitative estimate of drug-likeness (QED) is 0.695. The lowest BCUT2D eigenvalue weighted by atomic mass is 10.1. The van der Waals surface area contributed by atoms with Gasteiger partial charge in [-0.25, -0.2) is 0 Å². The molecular weight excluding hydrogens is 160 g/mol. The molecule has 1 aromatic rings. The molecule has 1 rings (SSSR count). The van der Waals surface area contributed by atoms with Crippen LogP contribution in [0.15, 0.2) is 6.20 Å². The molecule has 0 saturated carbocycles. The van der Waals surface area contributed by atoms with Crippen LogP contribution in [0.5, 0.6) is 0 Å². The van der Waals surface area contributed by atoms with Gasteiger partial charge in [-0.05, 0) is 18.8 Å². The van der Waals surface area contributed by atoms with Crippen molar-refractivity contribution in [3.63, 3.8) is 0 Å². The Labute approximate surface area is 80.4 Å². The van der Waals surface area contributed by atoms with Gasteiger partial charge in [0, 0.05) is 6.20 Å². The van der Waals surface area contributed by atoms with Gasteiger partial charge in [-0.1, -0.05) is 27.7 Å². The lowest BCUT2D eigenvalue weighted by Crippen LogP contribution is -2.03. The molecule has 0 aromatic carbocycles. The standard InChI is InChI=1S/C11H18N2/c1-7(2)10-6-12-11(8(3)4)9(5)13-10/h6-8H,1-5H3. The van der Waals surface area contributed by atoms with E-state index in [0.29, 0.717) is 11.8 Å². The maximum absolute atomic E-state index is 4.53. The second-order valence-electron chi connectivity index (χ2n) is 4.07. The first-order chi connectivity index (χ1) is 6.02. The molecule has 0 aliphatic carbocycles. The molecule has 0 saturated heterocycles. The van der Waals surface area contributed by atoms with Gasteiger partial charge in [-0.3, -0.25) is 9.97 Å². The average molecular weight is 178 g/mol. The van der Waals surface area contributed by atoms with Crippen LogP contribution in [-0.4, -0.2) is 9.97 Å². The Hall–Kier alpha value is -0.920. The zero-order valence-electron chi connectivity index (χ0n) is 9.13. The van der Waals surface area contributed by atoms with Crippen molar-refractivity contribution in [2.24, 2.45) is 0 Å². The molecule has 0 amide bonds. The maximum Gasteiger partial charge on any atom is 0.0641 e. The summed E-state index contributed by atoms with van der Waals surface area (Å²) in [6.07, 6.45) is 1.90. The fraction of sp³-hybridized carbons (Fsp3) is 0.636. The van der Waals surface area contributed by atoms with Crippen LogP contribution in [0.1, 0.15) is 56.6 Å². The van der Waals surface area contributed by atoms with Crippen molar-refractivity contribution in [2.45, 2.75) is 46.5 Å². The molecule has 1 aromatic heterocycles. The molecule has 0 atom stereocenters. The van der Waals surface area contributed by atoms with Crippen molar-refractivity contribution < 1.29 is 0 Å². The van der Waals surface area contributed by atoms with Gasteiger partial charge in [0.25, 0.3) is 0 Å². The second-order valence-corrected chi connectivity index (χ2v) is 4.07. The third-order valence-corrected chi connectivity index (χ3v) is 2.14. The van der Waals surface area contributed by atoms with Gasteiger partial charge in [-0.15, -0.1) is 0 Å². The number of nitrogens with zero attached hydrogens (tertiary/aromatic N) is 2. The predicted molar refractivity (Wildman–Crippen MR) is 54.9 cm³/mol. The number of aromatic nitrogens is 2. The first kappa shape index (κ1) is 10.2. The highest BCUT2D eigenvalue weighted by Gasteiger charge is 2.08. The molecule has 0 radical (unpaired) electrons. The molecule has 13 heavy (non-hydrogen) atoms. The van der Waals surface area contributed by atoms with Crippen molar-refractivity contribution in [1.82, 2.24) is 9.97 Å². The number of aryl methyl sites for hydroxylation is 1. The first-order valence-electron chi connectivity index (χ1n) is 4.85. The molecule has 0 aliphatic rings. The molecule has 0 spiro atoms. The van der Waals surface area contributed by atoms with E-state index in [-0.39, 0.29) is 0 Å². The third-order valence-electron chi connectivity index (χ3n) is 2.14. The van der Waals surface area contributed by atoms with E-state index in [4.69, 9.17) is 0 Å². The summed E-state index contributed by atoms with van der Waals surface area (Å²) >= 11 is 0. The summed E-state index contributed by atoms with van der Waals surface area (Å²) in [7, 11) is 0. The summed E-state index contributed by atoms with van der Waals surface area (Å²) in [5.74, 6) is 0.932. The van der Waals surface area contributed by atoms with E-state index in [1.54, 1.807) is 0 Å². The SMILES string of the molecule is Cc1nc(C(C)C)cnc1C(C)C. The van der Waals surface area contributed by atoms with E-state index in [1.807, 2.05) is 13.1 Å². The zero-order valence-corrected chi connectivity index (χ0v) is 9.13. The molecule has 1 heterocycles. The van der Waals surface area contributed by atoms with Crippen molar-refractivity contribution in [2.75, 3.05) is 0 Å². The van der Waals surface area contributed by atoms with Gasteiger partial charge in [0.2, 0.25) is 0 Å². The van der Waals surface area contributed by atoms with Crippen molar-refractivity contribution in [3.8, 4) is 0 Å². The van der Waals surface area contributed by atoms with Crippen LogP contribution < -0.4 is 0 Å². The highest BCUT2D eigenvalue weighted by atomic mass is 14.8. The molecule has 2 heteroatoms. The smallest absolute Gasteiger partial charge is 0.0641 e. The Bertz CT molecular complexity index is 290. The fourth-order valence-electron chi connectivity index (χ4n) is 1.35. The molecule has 0 aliphatic heterocycles. The molecular formula is C11H18N2. The predicted octanol–water partition coefficient (Wildman–Crippen LogP) is 3.03. The summed E-state index contributed by atoms with van der Waals surface area (Å²) in [6.45, 7) is 10.6. The highest BCUT2D eigenvalue weighted by Crippen LogP contribution is 2.17. The van der Waals surface area contributed by atoms with E-state index in [2.05, 4.69) is 37.7 Å². The molecule has 2 nitrogen and oxygen atoms in total. The summed E-state index contributed by atoms with van der Waals surface area (Å²) in [5.41, 5.74) is 3.27. The van der Waals surface area contributed by atoms with Crippen molar-refractivity contribution >= 4 is 0 Å². The minimum atomic E-state index is 0.465. The van der Waals surface area contributed by atoms with Gasteiger partial charge in [-0.2, -0.15) is 0 Å². The second kappa shape index (κ2) is 3.86. The van der Waals surface area contributed by atoms with E-state index >= 15 is 0 Å². The van der Waals surface area contributed by atoms with Crippen LogP contribution in [0.2, 0.25) is 0 Å². The van der Waals surface area contributed by atoms with Gasteiger partial charge in [0.15, 0.2) is 0 Å². The first-order valence-corrected chi connectivity index (χ1v) is 4.85. The lowest BCUT2D eigenvalue weighted by molar-refractivity contribution is 0.751. The van der Waals surface area contributed by atoms with Gasteiger partial charge in [0.1, 0.15) is 0 Å².